The van der Waals surface area contributed by atoms with Crippen molar-refractivity contribution in [2.75, 3.05) is 0 Å². The molecule has 0 aliphatic carbocycles. The van der Waals surface area contributed by atoms with Gasteiger partial charge in [-0.15, -0.1) is 0 Å². The van der Waals surface area contributed by atoms with Crippen molar-refractivity contribution in [1.82, 2.24) is 0 Å². The van der Waals surface area contributed by atoms with Gasteiger partial charge in [0, 0.05) is 4.57 Å². The van der Waals surface area contributed by atoms with Gasteiger partial charge >= 0.3 is 8.25 Å². The monoisotopic (exact) mass is 179 g/mol. The van der Waals surface area contributed by atoms with Crippen LogP contribution in [0.15, 0.2) is 0 Å². The van der Waals surface area contributed by atoms with Gasteiger partial charge in [-0.05, 0) is 18.8 Å². The van der Waals surface area contributed by atoms with Crippen molar-refractivity contribution in [3.63, 3.8) is 0 Å². The van der Waals surface area contributed by atoms with E-state index in [9.17, 15) is 4.57 Å². The third-order valence-corrected chi connectivity index (χ3v) is 8.63. The molecule has 1 fully saturated rings. The molecule has 50 valence electrons. The maximum absolute atomic E-state index is 10.6. The fraction of sp³-hybridized carbons (Fsp3) is 1.00. The van der Waals surface area contributed by atoms with Gasteiger partial charge in [-0.25, -0.2) is 0 Å². The van der Waals surface area contributed by atoms with E-state index in [1.807, 2.05) is 13.1 Å². The Hall–Kier alpha value is 0.454. The highest BCUT2D eigenvalue weighted by atomic mass is 31.1. The predicted octanol–water partition coefficient (Wildman–Crippen LogP) is 1.47. The number of hydrogen-bond acceptors (Lipinski definition) is 3. The highest BCUT2D eigenvalue weighted by Crippen LogP contribution is 2.32. The smallest absolute Gasteiger partial charge is 0.177 e. The van der Waals surface area contributed by atoms with Gasteiger partial charge in [0.1, 0.15) is 0 Å². The first-order valence-corrected chi connectivity index (χ1v) is 7.99. The van der Waals surface area contributed by atoms with Gasteiger partial charge in [-0.2, -0.15) is 8.43 Å². The molecule has 1 rings (SSSR count). The summed E-state index contributed by atoms with van der Waals surface area (Å²) < 4.78 is 20.6. The molecule has 1 aliphatic heterocycles. The molecule has 2 radical (unpaired) electrons. The second-order valence-corrected chi connectivity index (χ2v) is 8.12. The van der Waals surface area contributed by atoms with Crippen LogP contribution in [0.4, 0.5) is 0 Å². The largest absolute Gasteiger partial charge is 0.672 e. The summed E-state index contributed by atoms with van der Waals surface area (Å²) in [6, 6.07) is 0. The van der Waals surface area contributed by atoms with Crippen LogP contribution in [0.5, 0.6) is 0 Å². The highest BCUT2D eigenvalue weighted by molar-refractivity contribution is 7.38. The van der Waals surface area contributed by atoms with E-state index in [1.165, 1.54) is 0 Å². The fourth-order valence-electron chi connectivity index (χ4n) is 0.688. The summed E-state index contributed by atoms with van der Waals surface area (Å²) in [6.45, 7) is 4.04. The molecule has 0 aromatic rings. The van der Waals surface area contributed by atoms with E-state index in [4.69, 9.17) is 8.43 Å². The van der Waals surface area contributed by atoms with Crippen LogP contribution in [-0.4, -0.2) is 18.1 Å². The number of rotatable bonds is 0. The zero-order chi connectivity index (χ0) is 6.85. The summed E-state index contributed by atoms with van der Waals surface area (Å²) in [5, 5.41) is 0. The van der Waals surface area contributed by atoms with E-state index in [1.54, 1.807) is 0 Å². The lowest BCUT2D eigenvalue weighted by Gasteiger charge is -2.07. The molecule has 0 unspecified atom stereocenters. The quantitative estimate of drug-likeness (QED) is 0.417. The van der Waals surface area contributed by atoms with E-state index >= 15 is 0 Å². The van der Waals surface area contributed by atoms with Gasteiger partial charge in [0.15, 0.2) is 0 Å². The summed E-state index contributed by atoms with van der Waals surface area (Å²) in [6.07, 6.45) is 0. The molecule has 0 spiro atoms. The van der Waals surface area contributed by atoms with Crippen LogP contribution in [0, 0.1) is 0 Å². The topological polar surface area (TPSA) is 35.5 Å². The Balaban J connectivity index is 2.43. The van der Waals surface area contributed by atoms with Crippen LogP contribution < -0.4 is 0 Å². The second kappa shape index (κ2) is 3.03. The van der Waals surface area contributed by atoms with Crippen molar-refractivity contribution in [2.45, 2.75) is 18.8 Å². The lowest BCUT2D eigenvalue weighted by Crippen LogP contribution is -2.26. The predicted molar refractivity (Wildman–Crippen MR) is 37.8 cm³/mol. The molecule has 0 aromatic heterocycles. The molecule has 9 heavy (non-hydrogen) atoms. The lowest BCUT2D eigenvalue weighted by atomic mass is 11.8. The molecule has 0 bridgehead atoms. The van der Waals surface area contributed by atoms with Gasteiger partial charge in [-0.1, -0.05) is 0 Å². The SMILES string of the molecule is C[Si]1C[Si](C)O[P+](=O)O1. The maximum Gasteiger partial charge on any atom is 0.672 e. The second-order valence-electron chi connectivity index (χ2n) is 1.99. The third kappa shape index (κ3) is 2.27. The molecule has 0 saturated carbocycles. The summed E-state index contributed by atoms with van der Waals surface area (Å²) in [5.41, 5.74) is 1.04. The van der Waals surface area contributed by atoms with Crippen LogP contribution in [0.1, 0.15) is 0 Å². The van der Waals surface area contributed by atoms with E-state index in [0.717, 1.165) is 5.67 Å². The van der Waals surface area contributed by atoms with E-state index in [0.29, 0.717) is 0 Å². The van der Waals surface area contributed by atoms with Gasteiger partial charge in [0.2, 0.25) is 0 Å². The van der Waals surface area contributed by atoms with Crippen LogP contribution in [0.3, 0.4) is 0 Å². The van der Waals surface area contributed by atoms with Crippen molar-refractivity contribution in [2.24, 2.45) is 0 Å². The minimum Gasteiger partial charge on any atom is -0.177 e. The van der Waals surface area contributed by atoms with Crippen molar-refractivity contribution in [3.8, 4) is 0 Å². The van der Waals surface area contributed by atoms with Crippen molar-refractivity contribution < 1.29 is 13.0 Å². The van der Waals surface area contributed by atoms with Crippen molar-refractivity contribution in [1.29, 1.82) is 0 Å². The summed E-state index contributed by atoms with van der Waals surface area (Å²) in [5.74, 6) is 0. The van der Waals surface area contributed by atoms with Crippen LogP contribution in [-0.2, 0) is 13.0 Å². The minimum absolute atomic E-state index is 0.754. The average molecular weight is 179 g/mol. The first-order chi connectivity index (χ1) is 4.18. The third-order valence-electron chi connectivity index (χ3n) is 0.959. The molecule has 6 heteroatoms. The molecule has 0 amide bonds. The van der Waals surface area contributed by atoms with Gasteiger partial charge in [0.05, 0.1) is 0 Å². The number of hydrogen-bond donors (Lipinski definition) is 0. The van der Waals surface area contributed by atoms with Crippen LogP contribution >= 0.6 is 8.25 Å². The van der Waals surface area contributed by atoms with Crippen LogP contribution in [0.2, 0.25) is 18.8 Å². The van der Waals surface area contributed by atoms with E-state index in [-0.39, 0.29) is 0 Å². The standard InChI is InChI=1S/C3H8O3PSi2/c1-8-3-9(2)6-7(4)5-8/h3H2,1-2H3/q+1. The molecule has 1 heterocycles. The van der Waals surface area contributed by atoms with E-state index < -0.39 is 26.3 Å². The van der Waals surface area contributed by atoms with Gasteiger partial charge in [-0.3, -0.25) is 0 Å². The minimum atomic E-state index is -1.73. The molecule has 0 aromatic carbocycles. The molecule has 1 saturated heterocycles. The van der Waals surface area contributed by atoms with Gasteiger partial charge in [0.25, 0.3) is 18.1 Å². The Morgan fingerprint density at radius 3 is 2.11 bits per heavy atom. The Morgan fingerprint density at radius 1 is 1.33 bits per heavy atom. The van der Waals surface area contributed by atoms with Crippen molar-refractivity contribution >= 4 is 26.3 Å². The first-order valence-electron chi connectivity index (χ1n) is 2.66. The van der Waals surface area contributed by atoms with E-state index in [2.05, 4.69) is 0 Å². The Bertz CT molecular complexity index is 118. The zero-order valence-corrected chi connectivity index (χ0v) is 8.27. The normalized spacial score (nSPS) is 24.9. The Labute approximate surface area is 58.8 Å². The Kier molecular flexibility index (Phi) is 2.54. The zero-order valence-electron chi connectivity index (χ0n) is 5.38. The van der Waals surface area contributed by atoms with Crippen molar-refractivity contribution in [3.05, 3.63) is 0 Å². The summed E-state index contributed by atoms with van der Waals surface area (Å²) in [7, 11) is -3.24. The fourth-order valence-corrected chi connectivity index (χ4v) is 7.69. The lowest BCUT2D eigenvalue weighted by molar-refractivity contribution is 0.413. The van der Waals surface area contributed by atoms with Crippen LogP contribution in [0.25, 0.3) is 0 Å². The van der Waals surface area contributed by atoms with Gasteiger partial charge < -0.3 is 0 Å². The summed E-state index contributed by atoms with van der Waals surface area (Å²) in [4.78, 5) is 0. The molecule has 0 atom stereocenters. The molecule has 0 N–H and O–H groups in total. The molecular formula is C3H8O3PSi2+. The Morgan fingerprint density at radius 2 is 1.78 bits per heavy atom. The summed E-state index contributed by atoms with van der Waals surface area (Å²) >= 11 is 0. The highest BCUT2D eigenvalue weighted by Gasteiger charge is 2.38. The maximum atomic E-state index is 10.6. The molecular weight excluding hydrogens is 171 g/mol. The average Bonchev–Trinajstić information content (AvgIpc) is 1.59. The molecule has 1 aliphatic rings. The first kappa shape index (κ1) is 7.56. The molecule has 3 nitrogen and oxygen atoms in total.